The Bertz CT molecular complexity index is 677. The van der Waals surface area contributed by atoms with E-state index in [2.05, 4.69) is 12.9 Å². The molecule has 0 saturated heterocycles. The second-order valence-corrected chi connectivity index (χ2v) is 5.28. The molecule has 2 rings (SSSR count). The highest BCUT2D eigenvalue weighted by molar-refractivity contribution is 7.86. The Kier molecular flexibility index (Phi) is 3.03. The van der Waals surface area contributed by atoms with Crippen LogP contribution in [-0.2, 0) is 10.1 Å². The van der Waals surface area contributed by atoms with Gasteiger partial charge in [0.05, 0.1) is 0 Å². The molecule has 0 aliphatic heterocycles. The van der Waals surface area contributed by atoms with Crippen molar-refractivity contribution in [2.24, 2.45) is 0 Å². The molecule has 0 unspecified atom stereocenters. The van der Waals surface area contributed by atoms with Gasteiger partial charge in [-0.15, -0.1) is 0 Å². The van der Waals surface area contributed by atoms with Crippen LogP contribution >= 0.6 is 12.9 Å². The van der Waals surface area contributed by atoms with Gasteiger partial charge in [0.15, 0.2) is 0 Å². The standard InChI is InChI=1S/C11H10O4S2/c1-7-2-3-10-8(4-7)5-9(15-16)6-11(10)17(12,13)14/h2-6,16H,1H3,(H,12,13,14). The maximum Gasteiger partial charge on any atom is 0.295 e. The van der Waals surface area contributed by atoms with Crippen LogP contribution in [0.2, 0.25) is 0 Å². The van der Waals surface area contributed by atoms with Crippen LogP contribution < -0.4 is 4.18 Å². The van der Waals surface area contributed by atoms with E-state index >= 15 is 0 Å². The molecule has 0 radical (unpaired) electrons. The highest BCUT2D eigenvalue weighted by atomic mass is 32.2. The fourth-order valence-electron chi connectivity index (χ4n) is 1.69. The van der Waals surface area contributed by atoms with Gasteiger partial charge < -0.3 is 4.18 Å². The Hall–Kier alpha value is -1.24. The molecule has 0 fully saturated rings. The largest absolute Gasteiger partial charge is 0.429 e. The zero-order valence-electron chi connectivity index (χ0n) is 8.91. The molecule has 0 saturated carbocycles. The van der Waals surface area contributed by atoms with E-state index in [1.54, 1.807) is 24.3 Å². The second kappa shape index (κ2) is 4.21. The third-order valence-electron chi connectivity index (χ3n) is 2.43. The first-order valence-electron chi connectivity index (χ1n) is 4.75. The predicted octanol–water partition coefficient (Wildman–Crippen LogP) is 2.62. The van der Waals surface area contributed by atoms with Gasteiger partial charge in [0.1, 0.15) is 10.6 Å². The smallest absolute Gasteiger partial charge is 0.295 e. The summed E-state index contributed by atoms with van der Waals surface area (Å²) in [6.07, 6.45) is 0. The molecule has 2 aromatic carbocycles. The molecule has 0 aromatic heterocycles. The summed E-state index contributed by atoms with van der Waals surface area (Å²) in [5.74, 6) is 0.263. The number of hydrogen-bond donors (Lipinski definition) is 2. The van der Waals surface area contributed by atoms with Crippen molar-refractivity contribution in [2.45, 2.75) is 11.8 Å². The van der Waals surface area contributed by atoms with Gasteiger partial charge in [-0.1, -0.05) is 23.8 Å². The van der Waals surface area contributed by atoms with Crippen LogP contribution in [0.3, 0.4) is 0 Å². The Morgan fingerprint density at radius 2 is 1.94 bits per heavy atom. The maximum absolute atomic E-state index is 11.3. The normalized spacial score (nSPS) is 11.7. The second-order valence-electron chi connectivity index (χ2n) is 3.71. The molecule has 0 aliphatic carbocycles. The van der Waals surface area contributed by atoms with Crippen molar-refractivity contribution in [3.8, 4) is 5.75 Å². The summed E-state index contributed by atoms with van der Waals surface area (Å²) < 4.78 is 36.4. The van der Waals surface area contributed by atoms with Gasteiger partial charge >= 0.3 is 0 Å². The fourth-order valence-corrected chi connectivity index (χ4v) is 2.53. The van der Waals surface area contributed by atoms with E-state index in [1.165, 1.54) is 6.07 Å². The highest BCUT2D eigenvalue weighted by Gasteiger charge is 2.16. The summed E-state index contributed by atoms with van der Waals surface area (Å²) >= 11 is 3.63. The summed E-state index contributed by atoms with van der Waals surface area (Å²) in [5.41, 5.74) is 0.982. The lowest BCUT2D eigenvalue weighted by molar-refractivity contribution is 0.483. The monoisotopic (exact) mass is 270 g/mol. The van der Waals surface area contributed by atoms with Crippen LogP contribution in [0.15, 0.2) is 35.2 Å². The summed E-state index contributed by atoms with van der Waals surface area (Å²) in [6.45, 7) is 1.89. The van der Waals surface area contributed by atoms with E-state index in [0.717, 1.165) is 5.56 Å². The van der Waals surface area contributed by atoms with Crippen LogP contribution in [0, 0.1) is 6.92 Å². The first-order chi connectivity index (χ1) is 7.91. The van der Waals surface area contributed by atoms with Gasteiger partial charge in [0.2, 0.25) is 0 Å². The van der Waals surface area contributed by atoms with Crippen LogP contribution in [0.1, 0.15) is 5.56 Å². The Balaban J connectivity index is 2.90. The number of aryl methyl sites for hydroxylation is 1. The molecular weight excluding hydrogens is 260 g/mol. The lowest BCUT2D eigenvalue weighted by atomic mass is 10.1. The lowest BCUT2D eigenvalue weighted by Crippen LogP contribution is -1.99. The minimum atomic E-state index is -4.29. The van der Waals surface area contributed by atoms with Crippen molar-refractivity contribution in [3.05, 3.63) is 35.9 Å². The third kappa shape index (κ3) is 2.38. The minimum Gasteiger partial charge on any atom is -0.429 e. The van der Waals surface area contributed by atoms with Crippen LogP contribution in [0.25, 0.3) is 10.8 Å². The highest BCUT2D eigenvalue weighted by Crippen LogP contribution is 2.29. The van der Waals surface area contributed by atoms with Gasteiger partial charge in [0.25, 0.3) is 10.1 Å². The zero-order valence-corrected chi connectivity index (χ0v) is 10.6. The van der Waals surface area contributed by atoms with E-state index in [4.69, 9.17) is 8.74 Å². The molecular formula is C11H10O4S2. The van der Waals surface area contributed by atoms with Crippen molar-refractivity contribution in [1.29, 1.82) is 0 Å². The first-order valence-corrected chi connectivity index (χ1v) is 6.55. The van der Waals surface area contributed by atoms with E-state index in [-0.39, 0.29) is 10.6 Å². The Labute approximate surface area is 105 Å². The Morgan fingerprint density at radius 3 is 2.53 bits per heavy atom. The maximum atomic E-state index is 11.3. The van der Waals surface area contributed by atoms with E-state index in [9.17, 15) is 8.42 Å². The molecule has 1 N–H and O–H groups in total. The predicted molar refractivity (Wildman–Crippen MR) is 68.1 cm³/mol. The SMILES string of the molecule is Cc1ccc2c(S(=O)(=O)O)cc(OS)cc2c1. The number of fused-ring (bicyclic) bond motifs is 1. The fraction of sp³-hybridized carbons (Fsp3) is 0.0909. The number of thiol groups is 1. The van der Waals surface area contributed by atoms with Crippen LogP contribution in [-0.4, -0.2) is 13.0 Å². The number of hydrogen-bond acceptors (Lipinski definition) is 4. The van der Waals surface area contributed by atoms with Crippen molar-refractivity contribution >= 4 is 33.8 Å². The average molecular weight is 270 g/mol. The average Bonchev–Trinajstić information content (AvgIpc) is 2.25. The zero-order chi connectivity index (χ0) is 12.6. The Morgan fingerprint density at radius 1 is 1.24 bits per heavy atom. The van der Waals surface area contributed by atoms with Gasteiger partial charge in [-0.3, -0.25) is 4.55 Å². The van der Waals surface area contributed by atoms with E-state index in [1.807, 2.05) is 6.92 Å². The molecule has 17 heavy (non-hydrogen) atoms. The van der Waals surface area contributed by atoms with Gasteiger partial charge in [-0.05, 0) is 18.4 Å². The molecule has 0 atom stereocenters. The lowest BCUT2D eigenvalue weighted by Gasteiger charge is -2.07. The molecule has 2 aromatic rings. The van der Waals surface area contributed by atoms with Crippen LogP contribution in [0.5, 0.6) is 5.75 Å². The molecule has 90 valence electrons. The quantitative estimate of drug-likeness (QED) is 0.500. The third-order valence-corrected chi connectivity index (χ3v) is 3.53. The minimum absolute atomic E-state index is 0.181. The summed E-state index contributed by atoms with van der Waals surface area (Å²) in [4.78, 5) is -0.181. The summed E-state index contributed by atoms with van der Waals surface area (Å²) in [5, 5.41) is 1.12. The number of rotatable bonds is 2. The first kappa shape index (κ1) is 12.2. The van der Waals surface area contributed by atoms with Gasteiger partial charge in [-0.2, -0.15) is 8.42 Å². The molecule has 0 bridgehead atoms. The van der Waals surface area contributed by atoms with Gasteiger partial charge in [0, 0.05) is 24.4 Å². The number of benzene rings is 2. The van der Waals surface area contributed by atoms with Crippen molar-refractivity contribution in [2.75, 3.05) is 0 Å². The molecule has 0 heterocycles. The van der Waals surface area contributed by atoms with Crippen LogP contribution in [0.4, 0.5) is 0 Å². The van der Waals surface area contributed by atoms with Gasteiger partial charge in [-0.25, -0.2) is 0 Å². The molecule has 0 amide bonds. The summed E-state index contributed by atoms with van der Waals surface area (Å²) in [7, 11) is -4.29. The van der Waals surface area contributed by atoms with Crippen molar-refractivity contribution < 1.29 is 17.2 Å². The molecule has 6 heteroatoms. The van der Waals surface area contributed by atoms with Crippen molar-refractivity contribution in [1.82, 2.24) is 0 Å². The van der Waals surface area contributed by atoms with E-state index in [0.29, 0.717) is 10.8 Å². The topological polar surface area (TPSA) is 63.6 Å². The summed E-state index contributed by atoms with van der Waals surface area (Å²) in [6, 6.07) is 8.12. The molecule has 0 spiro atoms. The molecule has 0 aliphatic rings. The molecule has 4 nitrogen and oxygen atoms in total. The van der Waals surface area contributed by atoms with E-state index < -0.39 is 10.1 Å². The van der Waals surface area contributed by atoms with Crippen molar-refractivity contribution in [3.63, 3.8) is 0 Å².